The number of non-ortho nitro benzene ring substituents is 1. The Bertz CT molecular complexity index is 1330. The van der Waals surface area contributed by atoms with Crippen molar-refractivity contribution in [1.29, 1.82) is 0 Å². The molecular formula is C23H17N5O3. The van der Waals surface area contributed by atoms with Gasteiger partial charge in [0.2, 0.25) is 0 Å². The molecule has 0 heterocycles. The zero-order chi connectivity index (χ0) is 21.8. The molecule has 4 aromatic rings. The Morgan fingerprint density at radius 1 is 0.774 bits per heavy atom. The van der Waals surface area contributed by atoms with Gasteiger partial charge in [0, 0.05) is 17.5 Å². The van der Waals surface area contributed by atoms with Crippen molar-refractivity contribution < 1.29 is 10.0 Å². The topological polar surface area (TPSA) is 113 Å². The van der Waals surface area contributed by atoms with Crippen LogP contribution in [0.1, 0.15) is 5.56 Å². The van der Waals surface area contributed by atoms with Crippen molar-refractivity contribution in [1.82, 2.24) is 0 Å². The SMILES string of the molecule is Cc1cc(N=Nc2cc(N=Nc3ccc([N+](=O)[O-])cc3)c3ccccc3c2)ccc1O. The summed E-state index contributed by atoms with van der Waals surface area (Å²) in [6.07, 6.45) is 0. The minimum Gasteiger partial charge on any atom is -0.508 e. The van der Waals surface area contributed by atoms with Gasteiger partial charge in [-0.05, 0) is 60.3 Å². The maximum Gasteiger partial charge on any atom is 0.269 e. The lowest BCUT2D eigenvalue weighted by Crippen LogP contribution is -1.85. The second-order valence-corrected chi connectivity index (χ2v) is 6.83. The number of phenols is 1. The molecule has 0 spiro atoms. The minimum atomic E-state index is -0.460. The Labute approximate surface area is 177 Å². The summed E-state index contributed by atoms with van der Waals surface area (Å²) < 4.78 is 0. The number of aromatic hydroxyl groups is 1. The van der Waals surface area contributed by atoms with E-state index in [0.29, 0.717) is 28.3 Å². The predicted octanol–water partition coefficient (Wildman–Crippen LogP) is 7.59. The first-order valence-electron chi connectivity index (χ1n) is 9.40. The number of phenolic OH excluding ortho intramolecular Hbond substituents is 1. The van der Waals surface area contributed by atoms with E-state index in [0.717, 1.165) is 10.8 Å². The van der Waals surface area contributed by atoms with E-state index in [1.54, 1.807) is 43.3 Å². The molecule has 0 saturated carbocycles. The summed E-state index contributed by atoms with van der Waals surface area (Å²) in [6.45, 7) is 1.79. The second kappa shape index (κ2) is 8.50. The first kappa shape index (κ1) is 19.8. The van der Waals surface area contributed by atoms with Crippen LogP contribution >= 0.6 is 0 Å². The van der Waals surface area contributed by atoms with Crippen LogP contribution in [-0.4, -0.2) is 10.0 Å². The fraction of sp³-hybridized carbons (Fsp3) is 0.0435. The van der Waals surface area contributed by atoms with E-state index in [1.165, 1.54) is 12.1 Å². The van der Waals surface area contributed by atoms with E-state index in [1.807, 2.05) is 30.3 Å². The maximum absolute atomic E-state index is 10.8. The molecule has 0 aromatic heterocycles. The van der Waals surface area contributed by atoms with E-state index in [4.69, 9.17) is 0 Å². The zero-order valence-electron chi connectivity index (χ0n) is 16.5. The van der Waals surface area contributed by atoms with E-state index in [2.05, 4.69) is 20.5 Å². The first-order chi connectivity index (χ1) is 15.0. The fourth-order valence-corrected chi connectivity index (χ4v) is 2.99. The standard InChI is InChI=1S/C23H17N5O3/c1-15-12-18(8-11-23(15)29)25-26-19-13-16-4-2-3-5-21(16)22(14-19)27-24-17-6-9-20(10-7-17)28(30)31/h2-14,29H,1H3. The van der Waals surface area contributed by atoms with Crippen molar-refractivity contribution in [3.05, 3.63) is 94.5 Å². The van der Waals surface area contributed by atoms with Gasteiger partial charge in [-0.1, -0.05) is 24.3 Å². The minimum absolute atomic E-state index is 0.00345. The highest BCUT2D eigenvalue weighted by molar-refractivity contribution is 5.95. The molecule has 0 aliphatic carbocycles. The van der Waals surface area contributed by atoms with Crippen LogP contribution in [0.4, 0.5) is 28.4 Å². The van der Waals surface area contributed by atoms with Crippen LogP contribution in [0.2, 0.25) is 0 Å². The lowest BCUT2D eigenvalue weighted by molar-refractivity contribution is -0.384. The lowest BCUT2D eigenvalue weighted by atomic mass is 10.1. The van der Waals surface area contributed by atoms with Crippen LogP contribution in [-0.2, 0) is 0 Å². The molecule has 0 aliphatic heterocycles. The predicted molar refractivity (Wildman–Crippen MR) is 118 cm³/mol. The van der Waals surface area contributed by atoms with Crippen LogP contribution in [0.5, 0.6) is 5.75 Å². The number of benzene rings is 4. The second-order valence-electron chi connectivity index (χ2n) is 6.83. The van der Waals surface area contributed by atoms with E-state index < -0.39 is 4.92 Å². The number of azo groups is 2. The van der Waals surface area contributed by atoms with Crippen LogP contribution < -0.4 is 0 Å². The number of hydrogen-bond donors (Lipinski definition) is 1. The molecule has 0 fully saturated rings. The molecule has 0 radical (unpaired) electrons. The number of nitro groups is 1. The molecule has 152 valence electrons. The third-order valence-electron chi connectivity index (χ3n) is 4.62. The van der Waals surface area contributed by atoms with Gasteiger partial charge < -0.3 is 5.11 Å². The Morgan fingerprint density at radius 2 is 1.45 bits per heavy atom. The van der Waals surface area contributed by atoms with Gasteiger partial charge in [0.25, 0.3) is 5.69 Å². The molecule has 0 saturated heterocycles. The number of nitrogens with zero attached hydrogens (tertiary/aromatic N) is 5. The molecule has 0 amide bonds. The molecule has 1 N–H and O–H groups in total. The van der Waals surface area contributed by atoms with Crippen LogP contribution in [0.25, 0.3) is 10.8 Å². The van der Waals surface area contributed by atoms with Gasteiger partial charge in [0.1, 0.15) is 5.75 Å². The van der Waals surface area contributed by atoms with Crippen molar-refractivity contribution in [2.45, 2.75) is 6.92 Å². The molecule has 4 aromatic carbocycles. The number of nitro benzene ring substituents is 1. The summed E-state index contributed by atoms with van der Waals surface area (Å²) in [6, 6.07) is 22.2. The number of fused-ring (bicyclic) bond motifs is 1. The van der Waals surface area contributed by atoms with Crippen LogP contribution in [0.15, 0.2) is 99.3 Å². The van der Waals surface area contributed by atoms with Crippen LogP contribution in [0.3, 0.4) is 0 Å². The highest BCUT2D eigenvalue weighted by Crippen LogP contribution is 2.34. The smallest absolute Gasteiger partial charge is 0.269 e. The highest BCUT2D eigenvalue weighted by Gasteiger charge is 2.06. The Kier molecular flexibility index (Phi) is 5.44. The summed E-state index contributed by atoms with van der Waals surface area (Å²) in [7, 11) is 0. The van der Waals surface area contributed by atoms with Gasteiger partial charge in [-0.2, -0.15) is 15.3 Å². The van der Waals surface area contributed by atoms with E-state index in [-0.39, 0.29) is 11.4 Å². The average molecular weight is 411 g/mol. The quantitative estimate of drug-likeness (QED) is 0.207. The monoisotopic (exact) mass is 411 g/mol. The maximum atomic E-state index is 10.8. The van der Waals surface area contributed by atoms with Crippen molar-refractivity contribution in [3.63, 3.8) is 0 Å². The fourth-order valence-electron chi connectivity index (χ4n) is 2.99. The summed E-state index contributed by atoms with van der Waals surface area (Å²) in [5.41, 5.74) is 3.04. The molecule has 0 aliphatic rings. The molecule has 0 unspecified atom stereocenters. The average Bonchev–Trinajstić information content (AvgIpc) is 2.78. The molecule has 8 nitrogen and oxygen atoms in total. The Balaban J connectivity index is 1.68. The van der Waals surface area contributed by atoms with Crippen molar-refractivity contribution in [3.8, 4) is 5.75 Å². The number of hydrogen-bond acceptors (Lipinski definition) is 7. The zero-order valence-corrected chi connectivity index (χ0v) is 16.5. The van der Waals surface area contributed by atoms with Gasteiger partial charge >= 0.3 is 0 Å². The van der Waals surface area contributed by atoms with Crippen LogP contribution in [0, 0.1) is 17.0 Å². The Hall–Kier alpha value is -4.46. The van der Waals surface area contributed by atoms with Gasteiger partial charge in [-0.3, -0.25) is 10.1 Å². The van der Waals surface area contributed by atoms with Crippen molar-refractivity contribution >= 4 is 39.2 Å². The van der Waals surface area contributed by atoms with Gasteiger partial charge in [-0.25, -0.2) is 0 Å². The Morgan fingerprint density at radius 3 is 2.19 bits per heavy atom. The highest BCUT2D eigenvalue weighted by atomic mass is 16.6. The summed E-state index contributed by atoms with van der Waals surface area (Å²) in [5, 5.41) is 39.4. The molecule has 0 bridgehead atoms. The number of aryl methyl sites for hydroxylation is 1. The van der Waals surface area contributed by atoms with Crippen molar-refractivity contribution in [2.75, 3.05) is 0 Å². The summed E-state index contributed by atoms with van der Waals surface area (Å²) >= 11 is 0. The molecule has 31 heavy (non-hydrogen) atoms. The van der Waals surface area contributed by atoms with E-state index >= 15 is 0 Å². The molecule has 4 rings (SSSR count). The first-order valence-corrected chi connectivity index (χ1v) is 9.40. The lowest BCUT2D eigenvalue weighted by Gasteiger charge is -2.03. The summed E-state index contributed by atoms with van der Waals surface area (Å²) in [5.74, 6) is 0.207. The third kappa shape index (κ3) is 4.59. The van der Waals surface area contributed by atoms with Gasteiger partial charge in [0.05, 0.1) is 27.7 Å². The van der Waals surface area contributed by atoms with E-state index in [9.17, 15) is 15.2 Å². The van der Waals surface area contributed by atoms with Gasteiger partial charge in [0.15, 0.2) is 0 Å². The molecule has 0 atom stereocenters. The third-order valence-corrected chi connectivity index (χ3v) is 4.62. The van der Waals surface area contributed by atoms with Crippen molar-refractivity contribution in [2.24, 2.45) is 20.5 Å². The molecule has 8 heteroatoms. The normalized spacial score (nSPS) is 11.5. The summed E-state index contributed by atoms with van der Waals surface area (Å²) in [4.78, 5) is 10.3. The molecular weight excluding hydrogens is 394 g/mol. The number of rotatable bonds is 5. The van der Waals surface area contributed by atoms with Gasteiger partial charge in [-0.15, -0.1) is 5.11 Å². The largest absolute Gasteiger partial charge is 0.508 e.